The second-order valence-corrected chi connectivity index (χ2v) is 7.43. The zero-order valence-corrected chi connectivity index (χ0v) is 15.9. The van der Waals surface area contributed by atoms with Crippen LogP contribution in [0.5, 0.6) is 0 Å². The van der Waals surface area contributed by atoms with Crippen LogP contribution in [0.1, 0.15) is 22.7 Å². The van der Waals surface area contributed by atoms with Crippen LogP contribution in [0.2, 0.25) is 0 Å². The molecule has 1 saturated heterocycles. The van der Waals surface area contributed by atoms with Crippen LogP contribution < -0.4 is 5.73 Å². The monoisotopic (exact) mass is 387 g/mol. The van der Waals surface area contributed by atoms with E-state index in [0.29, 0.717) is 12.6 Å². The third kappa shape index (κ3) is 4.25. The normalized spacial score (nSPS) is 17.8. The molecule has 128 valence electrons. The van der Waals surface area contributed by atoms with Crippen molar-refractivity contribution in [3.63, 3.8) is 0 Å². The molecule has 3 nitrogen and oxygen atoms in total. The van der Waals surface area contributed by atoms with E-state index in [-0.39, 0.29) is 0 Å². The minimum atomic E-state index is 0.291. The van der Waals surface area contributed by atoms with Gasteiger partial charge in [-0.1, -0.05) is 58.4 Å². The van der Waals surface area contributed by atoms with E-state index in [1.807, 2.05) is 0 Å². The third-order valence-corrected chi connectivity index (χ3v) is 5.52. The minimum absolute atomic E-state index is 0.291. The molecule has 1 fully saturated rings. The van der Waals surface area contributed by atoms with E-state index in [2.05, 4.69) is 81.2 Å². The van der Waals surface area contributed by atoms with Gasteiger partial charge >= 0.3 is 0 Å². The van der Waals surface area contributed by atoms with Gasteiger partial charge in [-0.2, -0.15) is 0 Å². The number of benzene rings is 2. The zero-order chi connectivity index (χ0) is 16.9. The van der Waals surface area contributed by atoms with Gasteiger partial charge in [0.15, 0.2) is 0 Å². The van der Waals surface area contributed by atoms with Gasteiger partial charge < -0.3 is 5.73 Å². The summed E-state index contributed by atoms with van der Waals surface area (Å²) in [5, 5.41) is 0. The van der Waals surface area contributed by atoms with Crippen molar-refractivity contribution < 1.29 is 0 Å². The fourth-order valence-electron chi connectivity index (χ4n) is 3.45. The van der Waals surface area contributed by atoms with Gasteiger partial charge in [-0.15, -0.1) is 0 Å². The lowest BCUT2D eigenvalue weighted by Gasteiger charge is -2.39. The molecule has 0 bridgehead atoms. The number of hydrogen-bond donors (Lipinski definition) is 1. The molecule has 1 atom stereocenters. The molecule has 0 aliphatic carbocycles. The molecule has 1 aliphatic rings. The lowest BCUT2D eigenvalue weighted by atomic mass is 10.0. The van der Waals surface area contributed by atoms with Crippen LogP contribution in [0.4, 0.5) is 0 Å². The number of rotatable bonds is 5. The summed E-state index contributed by atoms with van der Waals surface area (Å²) in [6.45, 7) is 8.12. The highest BCUT2D eigenvalue weighted by molar-refractivity contribution is 9.10. The maximum atomic E-state index is 6.12. The van der Waals surface area contributed by atoms with Crippen molar-refractivity contribution in [2.45, 2.75) is 19.5 Å². The van der Waals surface area contributed by atoms with Gasteiger partial charge in [0.05, 0.1) is 0 Å². The molecule has 0 aromatic heterocycles. The smallest absolute Gasteiger partial charge is 0.0482 e. The molecule has 0 amide bonds. The van der Waals surface area contributed by atoms with Crippen molar-refractivity contribution in [1.82, 2.24) is 9.80 Å². The first-order chi connectivity index (χ1) is 11.7. The minimum Gasteiger partial charge on any atom is -0.329 e. The Kier molecular flexibility index (Phi) is 6.06. The van der Waals surface area contributed by atoms with Gasteiger partial charge in [-0.3, -0.25) is 9.80 Å². The Labute approximate surface area is 153 Å². The second-order valence-electron chi connectivity index (χ2n) is 6.57. The van der Waals surface area contributed by atoms with E-state index in [1.54, 1.807) is 0 Å². The van der Waals surface area contributed by atoms with Crippen LogP contribution in [0.25, 0.3) is 0 Å². The third-order valence-electron chi connectivity index (χ3n) is 4.83. The van der Waals surface area contributed by atoms with Crippen molar-refractivity contribution in [3.05, 3.63) is 69.7 Å². The fourth-order valence-corrected chi connectivity index (χ4v) is 4.21. The Morgan fingerprint density at radius 1 is 1.04 bits per heavy atom. The molecule has 2 aromatic rings. The number of aryl methyl sites for hydroxylation is 1. The molecule has 0 saturated carbocycles. The lowest BCUT2D eigenvalue weighted by molar-refractivity contribution is 0.0939. The number of nitrogens with two attached hydrogens (primary N) is 1. The summed E-state index contributed by atoms with van der Waals surface area (Å²) < 4.78 is 1.17. The topological polar surface area (TPSA) is 32.5 Å². The van der Waals surface area contributed by atoms with E-state index >= 15 is 0 Å². The summed E-state index contributed by atoms with van der Waals surface area (Å²) in [6.07, 6.45) is 0. The van der Waals surface area contributed by atoms with Crippen molar-refractivity contribution in [3.8, 4) is 0 Å². The first-order valence-electron chi connectivity index (χ1n) is 8.64. The van der Waals surface area contributed by atoms with Crippen LogP contribution in [0, 0.1) is 6.92 Å². The number of nitrogens with zero attached hydrogens (tertiary/aromatic N) is 2. The van der Waals surface area contributed by atoms with Crippen LogP contribution in [-0.4, -0.2) is 42.5 Å². The first-order valence-corrected chi connectivity index (χ1v) is 9.43. The van der Waals surface area contributed by atoms with Crippen molar-refractivity contribution in [1.29, 1.82) is 0 Å². The highest BCUT2D eigenvalue weighted by atomic mass is 79.9. The Balaban J connectivity index is 1.62. The van der Waals surface area contributed by atoms with Crippen LogP contribution >= 0.6 is 15.9 Å². The number of halogens is 1. The fraction of sp³-hybridized carbons (Fsp3) is 0.400. The lowest BCUT2D eigenvalue weighted by Crippen LogP contribution is -2.48. The van der Waals surface area contributed by atoms with Crippen molar-refractivity contribution in [2.75, 3.05) is 32.7 Å². The molecule has 2 N–H and O–H groups in total. The van der Waals surface area contributed by atoms with Crippen LogP contribution in [0.3, 0.4) is 0 Å². The van der Waals surface area contributed by atoms with E-state index in [4.69, 9.17) is 5.73 Å². The quantitative estimate of drug-likeness (QED) is 0.850. The summed E-state index contributed by atoms with van der Waals surface area (Å²) in [6, 6.07) is 17.6. The average molecular weight is 388 g/mol. The molecular formula is C20H26BrN3. The molecule has 0 spiro atoms. The molecular weight excluding hydrogens is 362 g/mol. The maximum absolute atomic E-state index is 6.12. The summed E-state index contributed by atoms with van der Waals surface area (Å²) >= 11 is 3.72. The Hall–Kier alpha value is -1.20. The standard InChI is InChI=1S/C20H26BrN3/c1-16-7-8-18(19(21)13-16)20(14-22)24-11-9-23(10-12-24)15-17-5-3-2-4-6-17/h2-8,13,20H,9-12,14-15,22H2,1H3. The predicted octanol–water partition coefficient (Wildman–Crippen LogP) is 3.58. The van der Waals surface area contributed by atoms with Gasteiger partial charge in [-0.25, -0.2) is 0 Å². The van der Waals surface area contributed by atoms with Gasteiger partial charge in [0.25, 0.3) is 0 Å². The Bertz CT molecular complexity index is 651. The average Bonchev–Trinajstić information content (AvgIpc) is 2.60. The predicted molar refractivity (Wildman–Crippen MR) is 104 cm³/mol. The Morgan fingerprint density at radius 3 is 2.38 bits per heavy atom. The highest BCUT2D eigenvalue weighted by Gasteiger charge is 2.25. The molecule has 3 rings (SSSR count). The van der Waals surface area contributed by atoms with E-state index < -0.39 is 0 Å². The van der Waals surface area contributed by atoms with E-state index in [9.17, 15) is 0 Å². The van der Waals surface area contributed by atoms with E-state index in [1.165, 1.54) is 21.2 Å². The van der Waals surface area contributed by atoms with Crippen molar-refractivity contribution in [2.24, 2.45) is 5.73 Å². The summed E-state index contributed by atoms with van der Waals surface area (Å²) in [5.74, 6) is 0. The summed E-state index contributed by atoms with van der Waals surface area (Å²) in [7, 11) is 0. The number of hydrogen-bond acceptors (Lipinski definition) is 3. The summed E-state index contributed by atoms with van der Waals surface area (Å²) in [5.41, 5.74) is 10.1. The van der Waals surface area contributed by atoms with Crippen LogP contribution in [-0.2, 0) is 6.54 Å². The molecule has 0 radical (unpaired) electrons. The van der Waals surface area contributed by atoms with Gasteiger partial charge in [-0.05, 0) is 29.7 Å². The molecule has 1 unspecified atom stereocenters. The molecule has 2 aromatic carbocycles. The SMILES string of the molecule is Cc1ccc(C(CN)N2CCN(Cc3ccccc3)CC2)c(Br)c1. The van der Waals surface area contributed by atoms with E-state index in [0.717, 1.165) is 32.7 Å². The number of piperazine rings is 1. The zero-order valence-electron chi connectivity index (χ0n) is 14.3. The molecule has 4 heteroatoms. The van der Waals surface area contributed by atoms with Gasteiger partial charge in [0.2, 0.25) is 0 Å². The second kappa shape index (κ2) is 8.26. The Morgan fingerprint density at radius 2 is 1.75 bits per heavy atom. The molecule has 24 heavy (non-hydrogen) atoms. The highest BCUT2D eigenvalue weighted by Crippen LogP contribution is 2.29. The summed E-state index contributed by atoms with van der Waals surface area (Å²) in [4.78, 5) is 5.06. The molecule has 1 aliphatic heterocycles. The van der Waals surface area contributed by atoms with Gasteiger partial charge in [0.1, 0.15) is 0 Å². The molecule has 1 heterocycles. The van der Waals surface area contributed by atoms with Gasteiger partial charge in [0, 0.05) is 49.8 Å². The maximum Gasteiger partial charge on any atom is 0.0482 e. The largest absolute Gasteiger partial charge is 0.329 e. The van der Waals surface area contributed by atoms with Crippen LogP contribution in [0.15, 0.2) is 53.0 Å². The van der Waals surface area contributed by atoms with Crippen molar-refractivity contribution >= 4 is 15.9 Å². The first kappa shape index (κ1) is 17.6.